The van der Waals surface area contributed by atoms with Crippen LogP contribution in [0.15, 0.2) is 18.2 Å². The lowest BCUT2D eigenvalue weighted by Crippen LogP contribution is -2.34. The largest absolute Gasteiger partial charge is 0.492 e. The molecule has 112 valence electrons. The Labute approximate surface area is 121 Å². The molecule has 0 radical (unpaired) electrons. The van der Waals surface area contributed by atoms with Gasteiger partial charge in [-0.15, -0.1) is 0 Å². The molecule has 1 unspecified atom stereocenters. The van der Waals surface area contributed by atoms with Crippen molar-refractivity contribution in [3.63, 3.8) is 0 Å². The van der Waals surface area contributed by atoms with E-state index in [1.165, 1.54) is 5.56 Å². The van der Waals surface area contributed by atoms with Gasteiger partial charge in [0.05, 0.1) is 5.92 Å². The van der Waals surface area contributed by atoms with Crippen LogP contribution in [0.25, 0.3) is 0 Å². The van der Waals surface area contributed by atoms with E-state index < -0.39 is 5.97 Å². The second kappa shape index (κ2) is 7.90. The first-order valence-corrected chi connectivity index (χ1v) is 7.09. The van der Waals surface area contributed by atoms with Crippen LogP contribution in [0, 0.1) is 19.8 Å². The molecule has 4 heteroatoms. The number of aryl methyl sites for hydroxylation is 2. The van der Waals surface area contributed by atoms with Crippen LogP contribution in [0.2, 0.25) is 0 Å². The highest BCUT2D eigenvalue weighted by atomic mass is 16.5. The fourth-order valence-corrected chi connectivity index (χ4v) is 1.99. The second-order valence-corrected chi connectivity index (χ2v) is 5.25. The Morgan fingerprint density at radius 1 is 1.40 bits per heavy atom. The molecule has 0 saturated heterocycles. The molecule has 0 spiro atoms. The third-order valence-electron chi connectivity index (χ3n) is 3.41. The Morgan fingerprint density at radius 2 is 2.10 bits per heavy atom. The van der Waals surface area contributed by atoms with E-state index in [0.717, 1.165) is 24.4 Å². The number of ether oxygens (including phenoxy) is 1. The lowest BCUT2D eigenvalue weighted by Gasteiger charge is -2.22. The van der Waals surface area contributed by atoms with Crippen LogP contribution in [-0.4, -0.2) is 42.2 Å². The van der Waals surface area contributed by atoms with E-state index in [0.29, 0.717) is 13.2 Å². The Kier molecular flexibility index (Phi) is 6.52. The number of benzene rings is 1. The zero-order valence-corrected chi connectivity index (χ0v) is 12.8. The Hall–Kier alpha value is -1.55. The molecule has 1 atom stereocenters. The van der Waals surface area contributed by atoms with E-state index in [1.54, 1.807) is 6.92 Å². The van der Waals surface area contributed by atoms with Gasteiger partial charge in [-0.3, -0.25) is 9.69 Å². The summed E-state index contributed by atoms with van der Waals surface area (Å²) in [7, 11) is 0. The summed E-state index contributed by atoms with van der Waals surface area (Å²) in [5.41, 5.74) is 2.30. The van der Waals surface area contributed by atoms with Crippen LogP contribution >= 0.6 is 0 Å². The summed E-state index contributed by atoms with van der Waals surface area (Å²) in [6.45, 7) is 10.5. The molecule has 4 nitrogen and oxygen atoms in total. The van der Waals surface area contributed by atoms with Gasteiger partial charge in [0, 0.05) is 13.1 Å². The van der Waals surface area contributed by atoms with Gasteiger partial charge in [0.1, 0.15) is 12.4 Å². The first kappa shape index (κ1) is 16.5. The first-order chi connectivity index (χ1) is 9.43. The average molecular weight is 279 g/mol. The predicted octanol–water partition coefficient (Wildman–Crippen LogP) is 2.72. The van der Waals surface area contributed by atoms with Crippen LogP contribution in [0.4, 0.5) is 0 Å². The van der Waals surface area contributed by atoms with Gasteiger partial charge in [-0.25, -0.2) is 0 Å². The summed E-state index contributed by atoms with van der Waals surface area (Å²) in [6, 6.07) is 6.15. The van der Waals surface area contributed by atoms with Crippen molar-refractivity contribution >= 4 is 5.97 Å². The Balaban J connectivity index is 2.45. The molecular weight excluding hydrogens is 254 g/mol. The molecule has 1 aromatic carbocycles. The molecule has 0 aliphatic rings. The van der Waals surface area contributed by atoms with E-state index in [9.17, 15) is 4.79 Å². The second-order valence-electron chi connectivity index (χ2n) is 5.25. The number of carboxylic acids is 1. The molecule has 0 fully saturated rings. The fourth-order valence-electron chi connectivity index (χ4n) is 1.99. The van der Waals surface area contributed by atoms with Crippen LogP contribution in [0.5, 0.6) is 5.75 Å². The number of hydrogen-bond donors (Lipinski definition) is 1. The minimum atomic E-state index is -0.751. The van der Waals surface area contributed by atoms with E-state index in [2.05, 4.69) is 17.0 Å². The lowest BCUT2D eigenvalue weighted by molar-refractivity contribution is -0.141. The van der Waals surface area contributed by atoms with Gasteiger partial charge in [0.15, 0.2) is 0 Å². The normalized spacial score (nSPS) is 12.4. The van der Waals surface area contributed by atoms with Gasteiger partial charge in [-0.1, -0.05) is 26.0 Å². The summed E-state index contributed by atoms with van der Waals surface area (Å²) >= 11 is 0. The van der Waals surface area contributed by atoms with E-state index >= 15 is 0 Å². The maximum Gasteiger partial charge on any atom is 0.307 e. The van der Waals surface area contributed by atoms with Gasteiger partial charge < -0.3 is 9.84 Å². The zero-order chi connectivity index (χ0) is 15.1. The molecule has 0 aliphatic heterocycles. The van der Waals surface area contributed by atoms with E-state index in [1.807, 2.05) is 26.8 Å². The number of aliphatic carboxylic acids is 1. The van der Waals surface area contributed by atoms with E-state index in [-0.39, 0.29) is 5.92 Å². The van der Waals surface area contributed by atoms with E-state index in [4.69, 9.17) is 9.84 Å². The highest BCUT2D eigenvalue weighted by Crippen LogP contribution is 2.18. The smallest absolute Gasteiger partial charge is 0.307 e. The number of nitrogens with zero attached hydrogens (tertiary/aromatic N) is 1. The standard InChI is InChI=1S/C16H25NO3/c1-5-17(11-14(4)16(18)19)8-9-20-15-10-12(2)6-7-13(15)3/h6-7,10,14H,5,8-9,11H2,1-4H3,(H,18,19). The highest BCUT2D eigenvalue weighted by Gasteiger charge is 2.15. The van der Waals surface area contributed by atoms with Gasteiger partial charge in [-0.05, 0) is 37.6 Å². The van der Waals surface area contributed by atoms with Crippen molar-refractivity contribution < 1.29 is 14.6 Å². The molecule has 0 heterocycles. The maximum atomic E-state index is 10.9. The molecule has 1 N–H and O–H groups in total. The molecule has 0 saturated carbocycles. The van der Waals surface area contributed by atoms with Crippen molar-refractivity contribution in [3.05, 3.63) is 29.3 Å². The molecule has 0 bridgehead atoms. The summed E-state index contributed by atoms with van der Waals surface area (Å²) < 4.78 is 5.80. The van der Waals surface area contributed by atoms with Crippen LogP contribution < -0.4 is 4.74 Å². The maximum absolute atomic E-state index is 10.9. The molecule has 20 heavy (non-hydrogen) atoms. The monoisotopic (exact) mass is 279 g/mol. The molecule has 0 amide bonds. The lowest BCUT2D eigenvalue weighted by atomic mass is 10.1. The summed E-state index contributed by atoms with van der Waals surface area (Å²) in [5.74, 6) is -0.193. The van der Waals surface area contributed by atoms with Crippen LogP contribution in [0.1, 0.15) is 25.0 Å². The fraction of sp³-hybridized carbons (Fsp3) is 0.562. The first-order valence-electron chi connectivity index (χ1n) is 7.09. The molecule has 0 aliphatic carbocycles. The number of carbonyl (C=O) groups is 1. The van der Waals surface area contributed by atoms with Crippen molar-refractivity contribution in [3.8, 4) is 5.75 Å². The van der Waals surface area contributed by atoms with Gasteiger partial charge in [-0.2, -0.15) is 0 Å². The minimum absolute atomic E-state index is 0.351. The van der Waals surface area contributed by atoms with Crippen molar-refractivity contribution in [1.82, 2.24) is 4.90 Å². The summed E-state index contributed by atoms with van der Waals surface area (Å²) in [4.78, 5) is 13.0. The quantitative estimate of drug-likeness (QED) is 0.795. The van der Waals surface area contributed by atoms with Gasteiger partial charge >= 0.3 is 5.97 Å². The number of hydrogen-bond acceptors (Lipinski definition) is 3. The highest BCUT2D eigenvalue weighted by molar-refractivity contribution is 5.69. The average Bonchev–Trinajstić information content (AvgIpc) is 2.41. The summed E-state index contributed by atoms with van der Waals surface area (Å²) in [5, 5.41) is 8.94. The SMILES string of the molecule is CCN(CCOc1cc(C)ccc1C)CC(C)C(=O)O. The Morgan fingerprint density at radius 3 is 2.70 bits per heavy atom. The van der Waals surface area contributed by atoms with Crippen LogP contribution in [-0.2, 0) is 4.79 Å². The number of rotatable bonds is 8. The number of likely N-dealkylation sites (N-methyl/N-ethyl adjacent to an activating group) is 1. The van der Waals surface area contributed by atoms with Crippen molar-refractivity contribution in [2.75, 3.05) is 26.2 Å². The third-order valence-corrected chi connectivity index (χ3v) is 3.41. The minimum Gasteiger partial charge on any atom is -0.492 e. The summed E-state index contributed by atoms with van der Waals surface area (Å²) in [6.07, 6.45) is 0. The van der Waals surface area contributed by atoms with Crippen molar-refractivity contribution in [2.45, 2.75) is 27.7 Å². The van der Waals surface area contributed by atoms with Gasteiger partial charge in [0.2, 0.25) is 0 Å². The number of carboxylic acid groups (broad SMARTS) is 1. The van der Waals surface area contributed by atoms with Crippen molar-refractivity contribution in [1.29, 1.82) is 0 Å². The van der Waals surface area contributed by atoms with Crippen molar-refractivity contribution in [2.24, 2.45) is 5.92 Å². The molecule has 0 aromatic heterocycles. The Bertz CT molecular complexity index is 445. The third kappa shape index (κ3) is 5.21. The molecule has 1 rings (SSSR count). The zero-order valence-electron chi connectivity index (χ0n) is 12.8. The van der Waals surface area contributed by atoms with Gasteiger partial charge in [0.25, 0.3) is 0 Å². The van der Waals surface area contributed by atoms with Crippen LogP contribution in [0.3, 0.4) is 0 Å². The molecular formula is C16H25NO3. The topological polar surface area (TPSA) is 49.8 Å². The molecule has 1 aromatic rings. The predicted molar refractivity (Wildman–Crippen MR) is 80.3 cm³/mol.